The number of rotatable bonds is 4. The van der Waals surface area contributed by atoms with E-state index in [1.165, 1.54) is 11.4 Å². The maximum Gasteiger partial charge on any atom is 0.267 e. The van der Waals surface area contributed by atoms with Crippen LogP contribution in [0, 0.1) is 0 Å². The van der Waals surface area contributed by atoms with Crippen molar-refractivity contribution in [3.63, 3.8) is 0 Å². The molecule has 0 fully saturated rings. The van der Waals surface area contributed by atoms with Crippen LogP contribution >= 0.6 is 0 Å². The SMILES string of the molecule is CNc1ccccc1S(=O)(=O)N(C)c1ccccn1. The summed E-state index contributed by atoms with van der Waals surface area (Å²) in [6.07, 6.45) is 1.56. The number of benzene rings is 1. The fraction of sp³-hybridized carbons (Fsp3) is 0.154. The van der Waals surface area contributed by atoms with Crippen molar-refractivity contribution in [2.45, 2.75) is 4.90 Å². The first-order valence-corrected chi connectivity index (χ1v) is 7.18. The van der Waals surface area contributed by atoms with Crippen LogP contribution in [0.5, 0.6) is 0 Å². The smallest absolute Gasteiger partial charge is 0.267 e. The topological polar surface area (TPSA) is 62.3 Å². The van der Waals surface area contributed by atoms with Gasteiger partial charge in [0.2, 0.25) is 0 Å². The van der Waals surface area contributed by atoms with E-state index in [1.807, 2.05) is 0 Å². The fourth-order valence-corrected chi connectivity index (χ4v) is 3.06. The van der Waals surface area contributed by atoms with Gasteiger partial charge in [-0.1, -0.05) is 18.2 Å². The van der Waals surface area contributed by atoms with Crippen molar-refractivity contribution in [1.82, 2.24) is 4.98 Å². The highest BCUT2D eigenvalue weighted by molar-refractivity contribution is 7.93. The largest absolute Gasteiger partial charge is 0.387 e. The average molecular weight is 277 g/mol. The van der Waals surface area contributed by atoms with Crippen LogP contribution in [0.2, 0.25) is 0 Å². The molecule has 0 aliphatic carbocycles. The molecule has 5 nitrogen and oxygen atoms in total. The van der Waals surface area contributed by atoms with Crippen molar-refractivity contribution in [2.24, 2.45) is 0 Å². The molecule has 0 atom stereocenters. The Kier molecular flexibility index (Phi) is 3.71. The summed E-state index contributed by atoms with van der Waals surface area (Å²) in [5.74, 6) is 0.383. The summed E-state index contributed by atoms with van der Waals surface area (Å²) in [4.78, 5) is 4.28. The van der Waals surface area contributed by atoms with Gasteiger partial charge in [0.1, 0.15) is 10.7 Å². The van der Waals surface area contributed by atoms with Crippen LogP contribution in [0.4, 0.5) is 11.5 Å². The maximum atomic E-state index is 12.6. The molecule has 19 heavy (non-hydrogen) atoms. The van der Waals surface area contributed by atoms with E-state index in [0.717, 1.165) is 0 Å². The zero-order valence-corrected chi connectivity index (χ0v) is 11.6. The molecule has 2 aromatic rings. The van der Waals surface area contributed by atoms with Gasteiger partial charge in [-0.2, -0.15) is 0 Å². The number of sulfonamides is 1. The molecule has 0 amide bonds. The minimum absolute atomic E-state index is 0.227. The quantitative estimate of drug-likeness (QED) is 0.928. The molecule has 0 bridgehead atoms. The van der Waals surface area contributed by atoms with Gasteiger partial charge in [-0.15, -0.1) is 0 Å². The minimum Gasteiger partial charge on any atom is -0.387 e. The lowest BCUT2D eigenvalue weighted by molar-refractivity contribution is 0.594. The second kappa shape index (κ2) is 5.27. The first-order valence-electron chi connectivity index (χ1n) is 5.74. The molecule has 100 valence electrons. The third-order valence-electron chi connectivity index (χ3n) is 2.77. The van der Waals surface area contributed by atoms with Crippen LogP contribution in [0.1, 0.15) is 0 Å². The first-order chi connectivity index (χ1) is 9.07. The van der Waals surface area contributed by atoms with E-state index < -0.39 is 10.0 Å². The highest BCUT2D eigenvalue weighted by atomic mass is 32.2. The zero-order chi connectivity index (χ0) is 13.9. The molecule has 0 aliphatic heterocycles. The van der Waals surface area contributed by atoms with Gasteiger partial charge in [0, 0.05) is 20.3 Å². The number of para-hydroxylation sites is 1. The van der Waals surface area contributed by atoms with Crippen molar-refractivity contribution in [2.75, 3.05) is 23.7 Å². The molecule has 0 spiro atoms. The predicted octanol–water partition coefficient (Wildman–Crippen LogP) is 1.95. The lowest BCUT2D eigenvalue weighted by Gasteiger charge is -2.19. The Hall–Kier alpha value is -2.08. The Morgan fingerprint density at radius 1 is 1.11 bits per heavy atom. The summed E-state index contributed by atoms with van der Waals surface area (Å²) in [6, 6.07) is 11.9. The Labute approximate surface area is 113 Å². The molecule has 0 saturated heterocycles. The Bertz CT molecular complexity index is 657. The molecule has 1 heterocycles. The number of hydrogen-bond donors (Lipinski definition) is 1. The molecule has 2 rings (SSSR count). The summed E-state index contributed by atoms with van der Waals surface area (Å²) in [5, 5.41) is 2.88. The van der Waals surface area contributed by atoms with Gasteiger partial charge in [0.15, 0.2) is 0 Å². The third kappa shape index (κ3) is 2.53. The van der Waals surface area contributed by atoms with E-state index >= 15 is 0 Å². The van der Waals surface area contributed by atoms with Gasteiger partial charge >= 0.3 is 0 Å². The van der Waals surface area contributed by atoms with Crippen molar-refractivity contribution in [3.8, 4) is 0 Å². The molecule has 1 aromatic carbocycles. The van der Waals surface area contributed by atoms with Crippen LogP contribution in [-0.2, 0) is 10.0 Å². The van der Waals surface area contributed by atoms with E-state index in [0.29, 0.717) is 11.5 Å². The van der Waals surface area contributed by atoms with E-state index in [-0.39, 0.29) is 4.90 Å². The summed E-state index contributed by atoms with van der Waals surface area (Å²) in [6.45, 7) is 0. The normalized spacial score (nSPS) is 11.1. The fourth-order valence-electron chi connectivity index (χ4n) is 1.71. The van der Waals surface area contributed by atoms with Gasteiger partial charge in [-0.3, -0.25) is 4.31 Å². The molecule has 6 heteroatoms. The van der Waals surface area contributed by atoms with Crippen molar-refractivity contribution < 1.29 is 8.42 Å². The standard InChI is InChI=1S/C13H15N3O2S/c1-14-11-7-3-4-8-12(11)19(17,18)16(2)13-9-5-6-10-15-13/h3-10,14H,1-2H3. The molecule has 0 radical (unpaired) electrons. The van der Waals surface area contributed by atoms with E-state index in [1.54, 1.807) is 55.7 Å². The molecule has 1 aromatic heterocycles. The summed E-state index contributed by atoms with van der Waals surface area (Å²) < 4.78 is 26.3. The molecule has 0 aliphatic rings. The maximum absolute atomic E-state index is 12.6. The zero-order valence-electron chi connectivity index (χ0n) is 10.7. The van der Waals surface area contributed by atoms with E-state index in [9.17, 15) is 8.42 Å². The predicted molar refractivity (Wildman–Crippen MR) is 75.8 cm³/mol. The Balaban J connectivity index is 2.48. The number of anilines is 2. The lowest BCUT2D eigenvalue weighted by atomic mass is 10.3. The van der Waals surface area contributed by atoms with Crippen LogP contribution in [-0.4, -0.2) is 27.5 Å². The van der Waals surface area contributed by atoms with Gasteiger partial charge in [-0.05, 0) is 24.3 Å². The number of nitrogens with zero attached hydrogens (tertiary/aromatic N) is 2. The molecule has 0 unspecified atom stereocenters. The van der Waals surface area contributed by atoms with Gasteiger partial charge in [-0.25, -0.2) is 13.4 Å². The molecular weight excluding hydrogens is 262 g/mol. The van der Waals surface area contributed by atoms with Crippen molar-refractivity contribution in [3.05, 3.63) is 48.7 Å². The van der Waals surface area contributed by atoms with E-state index in [2.05, 4.69) is 10.3 Å². The second-order valence-electron chi connectivity index (χ2n) is 3.91. The highest BCUT2D eigenvalue weighted by Gasteiger charge is 2.24. The molecule has 0 saturated carbocycles. The Morgan fingerprint density at radius 3 is 2.42 bits per heavy atom. The molecule has 1 N–H and O–H groups in total. The number of hydrogen-bond acceptors (Lipinski definition) is 4. The van der Waals surface area contributed by atoms with Crippen LogP contribution in [0.25, 0.3) is 0 Å². The summed E-state index contributed by atoms with van der Waals surface area (Å²) in [5.41, 5.74) is 0.560. The van der Waals surface area contributed by atoms with Crippen molar-refractivity contribution in [1.29, 1.82) is 0 Å². The number of nitrogens with one attached hydrogen (secondary N) is 1. The minimum atomic E-state index is -3.63. The number of aromatic nitrogens is 1. The lowest BCUT2D eigenvalue weighted by Crippen LogP contribution is -2.27. The monoisotopic (exact) mass is 277 g/mol. The Morgan fingerprint density at radius 2 is 1.79 bits per heavy atom. The first kappa shape index (κ1) is 13.4. The van der Waals surface area contributed by atoms with Gasteiger partial charge < -0.3 is 5.32 Å². The summed E-state index contributed by atoms with van der Waals surface area (Å²) in [7, 11) is -0.447. The van der Waals surface area contributed by atoms with Crippen LogP contribution in [0.3, 0.4) is 0 Å². The van der Waals surface area contributed by atoms with Gasteiger partial charge in [0.05, 0.1) is 5.69 Å². The highest BCUT2D eigenvalue weighted by Crippen LogP contribution is 2.25. The summed E-state index contributed by atoms with van der Waals surface area (Å²) >= 11 is 0. The van der Waals surface area contributed by atoms with Gasteiger partial charge in [0.25, 0.3) is 10.0 Å². The second-order valence-corrected chi connectivity index (χ2v) is 5.84. The van der Waals surface area contributed by atoms with E-state index in [4.69, 9.17) is 0 Å². The average Bonchev–Trinajstić information content (AvgIpc) is 2.47. The van der Waals surface area contributed by atoms with Crippen LogP contribution < -0.4 is 9.62 Å². The van der Waals surface area contributed by atoms with Crippen molar-refractivity contribution >= 4 is 21.5 Å². The third-order valence-corrected chi connectivity index (χ3v) is 4.59. The molecular formula is C13H15N3O2S. The number of pyridine rings is 1. The van der Waals surface area contributed by atoms with Crippen LogP contribution in [0.15, 0.2) is 53.6 Å².